The van der Waals surface area contributed by atoms with E-state index in [1.807, 2.05) is 54.6 Å². The molecule has 2 aromatic heterocycles. The van der Waals surface area contributed by atoms with Gasteiger partial charge in [0.25, 0.3) is 0 Å². The van der Waals surface area contributed by atoms with Crippen LogP contribution in [-0.2, 0) is 0 Å². The number of hydrogen-bond acceptors (Lipinski definition) is 5. The Kier molecular flexibility index (Phi) is 3.74. The molecule has 0 aliphatic heterocycles. The van der Waals surface area contributed by atoms with Crippen LogP contribution in [0.2, 0.25) is 0 Å². The molecular weight excluding hydrogens is 366 g/mol. The van der Waals surface area contributed by atoms with Crippen molar-refractivity contribution in [3.05, 3.63) is 60.8 Å². The normalized spacial score (nSPS) is 12.8. The second-order valence-electron chi connectivity index (χ2n) is 6.83. The van der Waals surface area contributed by atoms with E-state index >= 15 is 0 Å². The summed E-state index contributed by atoms with van der Waals surface area (Å²) in [6.45, 7) is 0. The maximum atomic E-state index is 10.7. The zero-order valence-electron chi connectivity index (χ0n) is 16.0. The molecule has 5 rings (SSSR count). The Morgan fingerprint density at radius 1 is 1.07 bits per heavy atom. The van der Waals surface area contributed by atoms with Crippen molar-refractivity contribution < 1.29 is 14.6 Å². The standard InChI is InChI=1S/C23H19N3O3/c1-28-14-9-10-15(19(11-14)29-2)16-7-4-8-17-21(24)20-18(25-22(16)17)12-26(23(20)27)13-5-3-6-13/h3-12,27H,24H2,1-2H3. The average molecular weight is 385 g/mol. The van der Waals surface area contributed by atoms with Gasteiger partial charge in [0, 0.05) is 34.5 Å². The van der Waals surface area contributed by atoms with Crippen LogP contribution in [0.3, 0.4) is 0 Å². The van der Waals surface area contributed by atoms with Gasteiger partial charge in [0.2, 0.25) is 5.88 Å². The van der Waals surface area contributed by atoms with E-state index in [0.29, 0.717) is 28.1 Å². The maximum absolute atomic E-state index is 10.7. The molecule has 0 fully saturated rings. The molecular formula is C23H19N3O3. The number of benzene rings is 2. The summed E-state index contributed by atoms with van der Waals surface area (Å²) in [6, 6.07) is 11.5. The van der Waals surface area contributed by atoms with Crippen molar-refractivity contribution in [2.75, 3.05) is 20.0 Å². The fourth-order valence-electron chi connectivity index (χ4n) is 3.74. The number of allylic oxidation sites excluding steroid dienone is 4. The Labute approximate surface area is 167 Å². The van der Waals surface area contributed by atoms with Crippen LogP contribution in [0, 0.1) is 0 Å². The van der Waals surface area contributed by atoms with Gasteiger partial charge >= 0.3 is 0 Å². The molecule has 0 atom stereocenters. The summed E-state index contributed by atoms with van der Waals surface area (Å²) in [4.78, 5) is 4.86. The molecule has 0 unspecified atom stereocenters. The minimum atomic E-state index is 0.0925. The molecule has 2 aromatic carbocycles. The molecule has 6 nitrogen and oxygen atoms in total. The first-order chi connectivity index (χ1) is 14.1. The highest BCUT2D eigenvalue weighted by Gasteiger charge is 2.20. The van der Waals surface area contributed by atoms with Gasteiger partial charge in [-0.25, -0.2) is 4.98 Å². The highest BCUT2D eigenvalue weighted by Crippen LogP contribution is 2.42. The molecule has 6 heteroatoms. The summed E-state index contributed by atoms with van der Waals surface area (Å²) < 4.78 is 12.6. The summed E-state index contributed by atoms with van der Waals surface area (Å²) in [5.74, 6) is 1.49. The highest BCUT2D eigenvalue weighted by molar-refractivity contribution is 6.12. The Morgan fingerprint density at radius 3 is 2.59 bits per heavy atom. The van der Waals surface area contributed by atoms with E-state index in [2.05, 4.69) is 0 Å². The van der Waals surface area contributed by atoms with E-state index in [9.17, 15) is 5.11 Å². The molecule has 144 valence electrons. The zero-order valence-corrected chi connectivity index (χ0v) is 16.0. The predicted octanol–water partition coefficient (Wildman–Crippen LogP) is 4.57. The monoisotopic (exact) mass is 385 g/mol. The lowest BCUT2D eigenvalue weighted by molar-refractivity contribution is 0.395. The first-order valence-corrected chi connectivity index (χ1v) is 9.15. The molecule has 0 saturated heterocycles. The Morgan fingerprint density at radius 2 is 1.90 bits per heavy atom. The van der Waals surface area contributed by atoms with Gasteiger partial charge in [-0.2, -0.15) is 0 Å². The number of aromatic hydroxyl groups is 1. The first-order valence-electron chi connectivity index (χ1n) is 9.15. The predicted molar refractivity (Wildman–Crippen MR) is 115 cm³/mol. The van der Waals surface area contributed by atoms with Crippen molar-refractivity contribution in [1.29, 1.82) is 0 Å². The number of nitrogens with zero attached hydrogens (tertiary/aromatic N) is 2. The third-order valence-electron chi connectivity index (χ3n) is 5.30. The maximum Gasteiger partial charge on any atom is 0.207 e. The quantitative estimate of drug-likeness (QED) is 0.538. The number of methoxy groups -OCH3 is 2. The van der Waals surface area contributed by atoms with E-state index in [1.54, 1.807) is 25.0 Å². The number of nitrogen functional groups attached to an aromatic ring is 1. The van der Waals surface area contributed by atoms with E-state index in [0.717, 1.165) is 27.7 Å². The van der Waals surface area contributed by atoms with Gasteiger partial charge in [0.1, 0.15) is 11.5 Å². The minimum Gasteiger partial charge on any atom is -0.497 e. The third kappa shape index (κ3) is 2.46. The molecule has 1 aliphatic carbocycles. The number of aromatic nitrogens is 2. The molecule has 0 bridgehead atoms. The number of rotatable bonds is 4. The minimum absolute atomic E-state index is 0.0925. The molecule has 29 heavy (non-hydrogen) atoms. The van der Waals surface area contributed by atoms with Gasteiger partial charge in [-0.05, 0) is 24.3 Å². The SMILES string of the molecule is COc1ccc(-c2cccc3c(N)c4c(O)n(C5=CC=C5)cc4nc23)c(OC)c1. The van der Waals surface area contributed by atoms with Crippen molar-refractivity contribution in [3.63, 3.8) is 0 Å². The third-order valence-corrected chi connectivity index (χ3v) is 5.30. The fraction of sp³-hybridized carbons (Fsp3) is 0.0870. The number of para-hydroxylation sites is 1. The molecule has 1 aliphatic rings. The molecule has 0 spiro atoms. The number of anilines is 1. The lowest BCUT2D eigenvalue weighted by Gasteiger charge is -2.13. The van der Waals surface area contributed by atoms with Gasteiger partial charge in [-0.1, -0.05) is 24.3 Å². The van der Waals surface area contributed by atoms with Crippen molar-refractivity contribution >= 4 is 33.2 Å². The zero-order chi connectivity index (χ0) is 20.1. The second kappa shape index (κ2) is 6.31. The highest BCUT2D eigenvalue weighted by atomic mass is 16.5. The average Bonchev–Trinajstić information content (AvgIpc) is 3.02. The number of ether oxygens (including phenoxy) is 2. The molecule has 2 heterocycles. The first kappa shape index (κ1) is 17.2. The number of pyridine rings is 1. The molecule has 3 N–H and O–H groups in total. The lowest BCUT2D eigenvalue weighted by atomic mass is 9.99. The van der Waals surface area contributed by atoms with Gasteiger partial charge in [-0.15, -0.1) is 0 Å². The largest absolute Gasteiger partial charge is 0.497 e. The van der Waals surface area contributed by atoms with Crippen LogP contribution in [0.15, 0.2) is 60.8 Å². The van der Waals surface area contributed by atoms with Gasteiger partial charge < -0.3 is 20.3 Å². The Hall–Kier alpha value is -3.93. The van der Waals surface area contributed by atoms with Crippen molar-refractivity contribution in [3.8, 4) is 28.5 Å². The topological polar surface area (TPSA) is 82.5 Å². The summed E-state index contributed by atoms with van der Waals surface area (Å²) in [7, 11) is 3.25. The summed E-state index contributed by atoms with van der Waals surface area (Å²) in [5, 5.41) is 12.1. The molecule has 0 amide bonds. The Balaban J connectivity index is 1.80. The van der Waals surface area contributed by atoms with Gasteiger partial charge in [0.05, 0.1) is 36.3 Å². The van der Waals surface area contributed by atoms with Crippen LogP contribution in [0.4, 0.5) is 5.69 Å². The van der Waals surface area contributed by atoms with Crippen molar-refractivity contribution in [1.82, 2.24) is 9.55 Å². The summed E-state index contributed by atoms with van der Waals surface area (Å²) >= 11 is 0. The number of nitrogens with two attached hydrogens (primary N) is 1. The van der Waals surface area contributed by atoms with E-state index in [-0.39, 0.29) is 5.88 Å². The van der Waals surface area contributed by atoms with Crippen LogP contribution in [0.5, 0.6) is 17.4 Å². The van der Waals surface area contributed by atoms with Crippen LogP contribution in [-0.4, -0.2) is 28.9 Å². The molecule has 0 saturated carbocycles. The smallest absolute Gasteiger partial charge is 0.207 e. The molecule has 4 aromatic rings. The molecule has 0 radical (unpaired) electrons. The Bertz CT molecular complexity index is 1350. The number of hydrogen-bond donors (Lipinski definition) is 2. The van der Waals surface area contributed by atoms with Gasteiger partial charge in [-0.3, -0.25) is 4.57 Å². The van der Waals surface area contributed by atoms with E-state index in [4.69, 9.17) is 20.2 Å². The summed E-state index contributed by atoms with van der Waals surface area (Å²) in [5.41, 5.74) is 11.0. The van der Waals surface area contributed by atoms with Crippen molar-refractivity contribution in [2.24, 2.45) is 0 Å². The van der Waals surface area contributed by atoms with Crippen molar-refractivity contribution in [2.45, 2.75) is 0 Å². The second-order valence-corrected chi connectivity index (χ2v) is 6.83. The van der Waals surface area contributed by atoms with E-state index in [1.165, 1.54) is 0 Å². The summed E-state index contributed by atoms with van der Waals surface area (Å²) in [6.07, 6.45) is 7.56. The number of fused-ring (bicyclic) bond motifs is 2. The lowest BCUT2D eigenvalue weighted by Crippen LogP contribution is -1.95. The van der Waals surface area contributed by atoms with Crippen LogP contribution in [0.1, 0.15) is 0 Å². The van der Waals surface area contributed by atoms with Gasteiger partial charge in [0.15, 0.2) is 0 Å². The van der Waals surface area contributed by atoms with E-state index < -0.39 is 0 Å². The fourth-order valence-corrected chi connectivity index (χ4v) is 3.74. The van der Waals surface area contributed by atoms with Crippen LogP contribution >= 0.6 is 0 Å². The van der Waals surface area contributed by atoms with Crippen LogP contribution in [0.25, 0.3) is 38.6 Å². The van der Waals surface area contributed by atoms with Crippen LogP contribution < -0.4 is 15.2 Å².